The molecular weight excluding hydrogens is 390 g/mol. The van der Waals surface area contributed by atoms with Gasteiger partial charge in [0.05, 0.1) is 34.1 Å². The monoisotopic (exact) mass is 411 g/mol. The van der Waals surface area contributed by atoms with Crippen LogP contribution in [0.2, 0.25) is 0 Å². The Bertz CT molecular complexity index is 1010. The number of thiophene rings is 1. The highest BCUT2D eigenvalue weighted by Crippen LogP contribution is 2.22. The van der Waals surface area contributed by atoms with Gasteiger partial charge < -0.3 is 10.1 Å². The normalized spacial score (nSPS) is 10.6. The van der Waals surface area contributed by atoms with Gasteiger partial charge in [-0.15, -0.1) is 11.3 Å². The lowest BCUT2D eigenvalue weighted by Gasteiger charge is -2.08. The Kier molecular flexibility index (Phi) is 6.56. The van der Waals surface area contributed by atoms with Crippen LogP contribution in [-0.2, 0) is 14.3 Å². The number of carbonyl (C=O) groups is 3. The Morgan fingerprint density at radius 3 is 2.52 bits per heavy atom. The van der Waals surface area contributed by atoms with Crippen LogP contribution in [0.15, 0.2) is 47.8 Å². The summed E-state index contributed by atoms with van der Waals surface area (Å²) in [7, 11) is 0. The number of ether oxygens (including phenoxy) is 1. The predicted molar refractivity (Wildman–Crippen MR) is 111 cm³/mol. The number of rotatable bonds is 8. The molecule has 0 atom stereocenters. The van der Waals surface area contributed by atoms with Gasteiger partial charge in [0.2, 0.25) is 0 Å². The third-order valence-electron chi connectivity index (χ3n) is 4.27. The number of hydrogen-bond donors (Lipinski definition) is 1. The highest BCUT2D eigenvalue weighted by molar-refractivity contribution is 7.12. The molecule has 150 valence electrons. The molecule has 0 aliphatic rings. The number of carbonyl (C=O) groups excluding carboxylic acids is 3. The second kappa shape index (κ2) is 9.29. The maximum atomic E-state index is 12.2. The van der Waals surface area contributed by atoms with Crippen molar-refractivity contribution in [3.63, 3.8) is 0 Å². The number of para-hydroxylation sites is 1. The molecule has 0 radical (unpaired) electrons. The lowest BCUT2D eigenvalue weighted by atomic mass is 10.2. The van der Waals surface area contributed by atoms with E-state index in [1.807, 2.05) is 37.3 Å². The van der Waals surface area contributed by atoms with Crippen LogP contribution in [0.5, 0.6) is 0 Å². The molecule has 2 heterocycles. The number of aryl methyl sites for hydroxylation is 1. The summed E-state index contributed by atoms with van der Waals surface area (Å²) in [6.45, 7) is 3.23. The summed E-state index contributed by atoms with van der Waals surface area (Å²) in [5.41, 5.74) is 2.90. The third kappa shape index (κ3) is 5.17. The molecule has 29 heavy (non-hydrogen) atoms. The Balaban J connectivity index is 1.51. The van der Waals surface area contributed by atoms with Crippen LogP contribution in [0.4, 0.5) is 5.69 Å². The van der Waals surface area contributed by atoms with Crippen LogP contribution in [0.1, 0.15) is 33.9 Å². The Morgan fingerprint density at radius 2 is 1.83 bits per heavy atom. The van der Waals surface area contributed by atoms with Gasteiger partial charge in [0, 0.05) is 6.42 Å². The van der Waals surface area contributed by atoms with E-state index in [4.69, 9.17) is 4.74 Å². The minimum atomic E-state index is -0.585. The first kappa shape index (κ1) is 20.5. The molecule has 2 aromatic heterocycles. The summed E-state index contributed by atoms with van der Waals surface area (Å²) in [4.78, 5) is 36.5. The second-order valence-electron chi connectivity index (χ2n) is 6.40. The van der Waals surface area contributed by atoms with Gasteiger partial charge in [0.1, 0.15) is 0 Å². The SMILES string of the molecule is Cc1nn(-c2ccccc2)c(C)c1NC(=O)COC(=O)CCC(=O)c1cccs1. The fraction of sp³-hybridized carbons (Fsp3) is 0.238. The number of ketones is 1. The van der Waals surface area contributed by atoms with Gasteiger partial charge in [-0.2, -0.15) is 5.10 Å². The number of aromatic nitrogens is 2. The van der Waals surface area contributed by atoms with Gasteiger partial charge in [0.15, 0.2) is 12.4 Å². The molecule has 0 bridgehead atoms. The number of Topliss-reactive ketones (excluding diaryl/α,β-unsaturated/α-hetero) is 1. The Morgan fingerprint density at radius 1 is 1.07 bits per heavy atom. The highest BCUT2D eigenvalue weighted by Gasteiger charge is 2.17. The fourth-order valence-electron chi connectivity index (χ4n) is 2.81. The van der Waals surface area contributed by atoms with Crippen molar-refractivity contribution in [3.05, 3.63) is 64.1 Å². The topological polar surface area (TPSA) is 90.3 Å². The molecular formula is C21H21N3O4S. The van der Waals surface area contributed by atoms with E-state index in [1.165, 1.54) is 11.3 Å². The van der Waals surface area contributed by atoms with Crippen molar-refractivity contribution < 1.29 is 19.1 Å². The van der Waals surface area contributed by atoms with E-state index in [1.54, 1.807) is 29.1 Å². The molecule has 8 heteroatoms. The maximum absolute atomic E-state index is 12.2. The number of amides is 1. The van der Waals surface area contributed by atoms with E-state index in [0.29, 0.717) is 16.3 Å². The maximum Gasteiger partial charge on any atom is 0.306 e. The summed E-state index contributed by atoms with van der Waals surface area (Å²) in [6, 6.07) is 13.1. The molecule has 3 rings (SSSR count). The lowest BCUT2D eigenvalue weighted by Crippen LogP contribution is -2.21. The lowest BCUT2D eigenvalue weighted by molar-refractivity contribution is -0.147. The third-order valence-corrected chi connectivity index (χ3v) is 5.18. The van der Waals surface area contributed by atoms with Crippen molar-refractivity contribution >= 4 is 34.7 Å². The molecule has 1 N–H and O–H groups in total. The van der Waals surface area contributed by atoms with Crippen molar-refractivity contribution in [1.82, 2.24) is 9.78 Å². The molecule has 3 aromatic rings. The quantitative estimate of drug-likeness (QED) is 0.451. The van der Waals surface area contributed by atoms with E-state index in [9.17, 15) is 14.4 Å². The van der Waals surface area contributed by atoms with Crippen LogP contribution in [-0.4, -0.2) is 34.0 Å². The summed E-state index contributed by atoms with van der Waals surface area (Å²) in [5.74, 6) is -1.15. The minimum Gasteiger partial charge on any atom is -0.456 e. The molecule has 0 aliphatic heterocycles. The van der Waals surface area contributed by atoms with Gasteiger partial charge >= 0.3 is 5.97 Å². The number of esters is 1. The van der Waals surface area contributed by atoms with Crippen LogP contribution < -0.4 is 5.32 Å². The summed E-state index contributed by atoms with van der Waals surface area (Å²) >= 11 is 1.33. The number of nitrogens with zero attached hydrogens (tertiary/aromatic N) is 2. The van der Waals surface area contributed by atoms with Gasteiger partial charge in [-0.1, -0.05) is 24.3 Å². The number of hydrogen-bond acceptors (Lipinski definition) is 6. The largest absolute Gasteiger partial charge is 0.456 e. The first-order chi connectivity index (χ1) is 14.0. The molecule has 1 amide bonds. The van der Waals surface area contributed by atoms with Crippen LogP contribution in [0, 0.1) is 13.8 Å². The second-order valence-corrected chi connectivity index (χ2v) is 7.35. The van der Waals surface area contributed by atoms with Gasteiger partial charge in [-0.05, 0) is 37.4 Å². The summed E-state index contributed by atoms with van der Waals surface area (Å²) in [6.07, 6.45) is -0.00294. The molecule has 7 nitrogen and oxygen atoms in total. The Labute approximate surface area is 172 Å². The molecule has 0 saturated heterocycles. The summed E-state index contributed by atoms with van der Waals surface area (Å²) in [5, 5.41) is 9.01. The van der Waals surface area contributed by atoms with Crippen LogP contribution in [0.3, 0.4) is 0 Å². The van der Waals surface area contributed by atoms with E-state index < -0.39 is 18.5 Å². The van der Waals surface area contributed by atoms with Crippen molar-refractivity contribution in [1.29, 1.82) is 0 Å². The first-order valence-electron chi connectivity index (χ1n) is 9.09. The van der Waals surface area contributed by atoms with Crippen molar-refractivity contribution in [3.8, 4) is 5.69 Å². The average molecular weight is 411 g/mol. The molecule has 0 saturated carbocycles. The molecule has 0 unspecified atom stereocenters. The fourth-order valence-corrected chi connectivity index (χ4v) is 3.51. The van der Waals surface area contributed by atoms with Crippen molar-refractivity contribution in [2.75, 3.05) is 11.9 Å². The standard InChI is InChI=1S/C21H21N3O4S/c1-14-21(15(2)24(23-14)16-7-4-3-5-8-16)22-19(26)13-28-20(27)11-10-17(25)18-9-6-12-29-18/h3-9,12H,10-11,13H2,1-2H3,(H,22,26). The zero-order valence-corrected chi connectivity index (χ0v) is 17.0. The average Bonchev–Trinajstić information content (AvgIpc) is 3.35. The minimum absolute atomic E-state index is 0.0586. The van der Waals surface area contributed by atoms with E-state index in [2.05, 4.69) is 10.4 Å². The first-order valence-corrected chi connectivity index (χ1v) is 9.97. The van der Waals surface area contributed by atoms with Crippen molar-refractivity contribution in [2.24, 2.45) is 0 Å². The van der Waals surface area contributed by atoms with Gasteiger partial charge in [0.25, 0.3) is 5.91 Å². The zero-order chi connectivity index (χ0) is 20.8. The van der Waals surface area contributed by atoms with Crippen molar-refractivity contribution in [2.45, 2.75) is 26.7 Å². The molecule has 0 spiro atoms. The molecule has 1 aromatic carbocycles. The van der Waals surface area contributed by atoms with Crippen LogP contribution >= 0.6 is 11.3 Å². The van der Waals surface area contributed by atoms with Crippen LogP contribution in [0.25, 0.3) is 5.69 Å². The molecule has 0 fully saturated rings. The van der Waals surface area contributed by atoms with Gasteiger partial charge in [-0.3, -0.25) is 14.4 Å². The predicted octanol–water partition coefficient (Wildman–Crippen LogP) is 3.70. The number of benzene rings is 1. The smallest absolute Gasteiger partial charge is 0.306 e. The van der Waals surface area contributed by atoms with E-state index in [0.717, 1.165) is 11.4 Å². The number of anilines is 1. The zero-order valence-electron chi connectivity index (χ0n) is 16.2. The summed E-state index contributed by atoms with van der Waals surface area (Å²) < 4.78 is 6.73. The Hall–Kier alpha value is -3.26. The number of nitrogens with one attached hydrogen (secondary N) is 1. The van der Waals surface area contributed by atoms with Gasteiger partial charge in [-0.25, -0.2) is 4.68 Å². The molecule has 0 aliphatic carbocycles. The van der Waals surface area contributed by atoms with E-state index in [-0.39, 0.29) is 18.6 Å². The van der Waals surface area contributed by atoms with E-state index >= 15 is 0 Å². The highest BCUT2D eigenvalue weighted by atomic mass is 32.1.